The van der Waals surface area contributed by atoms with E-state index in [0.717, 1.165) is 70.6 Å². The Morgan fingerprint density at radius 3 is 0.921 bits per heavy atom. The van der Waals surface area contributed by atoms with Crippen LogP contribution in [0.25, 0.3) is 0 Å². The molecule has 1 amide bonds. The Morgan fingerprint density at radius 1 is 0.329 bits per heavy atom. The van der Waals surface area contributed by atoms with Crippen molar-refractivity contribution in [2.24, 2.45) is 0 Å². The number of carbonyl (C=O) groups excluding carboxylic acids is 1. The molecule has 0 heterocycles. The van der Waals surface area contributed by atoms with Crippen LogP contribution in [0, 0.1) is 0 Å². The van der Waals surface area contributed by atoms with E-state index in [2.05, 4.69) is 104 Å². The molecule has 0 radical (unpaired) electrons. The molecule has 76 heavy (non-hydrogen) atoms. The number of hydrogen-bond acceptors (Lipinski definition) is 3. The maximum atomic E-state index is 12.5. The first-order valence-electron chi connectivity index (χ1n) is 33.5. The Kier molecular flexibility index (Phi) is 64.2. The van der Waals surface area contributed by atoms with E-state index < -0.39 is 12.1 Å². The summed E-state index contributed by atoms with van der Waals surface area (Å²) in [5.74, 6) is -0.0739. The third kappa shape index (κ3) is 62.2. The van der Waals surface area contributed by atoms with Crippen molar-refractivity contribution in [3.63, 3.8) is 0 Å². The van der Waals surface area contributed by atoms with Gasteiger partial charge < -0.3 is 15.5 Å². The molecule has 0 aromatic carbocycles. The highest BCUT2D eigenvalue weighted by molar-refractivity contribution is 5.76. The van der Waals surface area contributed by atoms with Gasteiger partial charge in [-0.05, 0) is 83.5 Å². The highest BCUT2D eigenvalue weighted by Gasteiger charge is 2.18. The molecule has 3 N–H and O–H groups in total. The first-order chi connectivity index (χ1) is 37.7. The van der Waals surface area contributed by atoms with Crippen molar-refractivity contribution in [3.8, 4) is 0 Å². The van der Waals surface area contributed by atoms with Crippen molar-refractivity contribution >= 4 is 5.91 Å². The molecule has 0 bridgehead atoms. The van der Waals surface area contributed by atoms with Crippen molar-refractivity contribution in [2.45, 2.75) is 347 Å². The topological polar surface area (TPSA) is 69.6 Å². The molecule has 0 aliphatic heterocycles. The summed E-state index contributed by atoms with van der Waals surface area (Å²) in [6.07, 6.45) is 99.1. The molecule has 0 saturated carbocycles. The van der Waals surface area contributed by atoms with Crippen LogP contribution >= 0.6 is 0 Å². The second-order valence-electron chi connectivity index (χ2n) is 22.5. The van der Waals surface area contributed by atoms with Gasteiger partial charge in [0.05, 0.1) is 18.8 Å². The van der Waals surface area contributed by atoms with Crippen LogP contribution in [0.1, 0.15) is 335 Å². The summed E-state index contributed by atoms with van der Waals surface area (Å²) >= 11 is 0. The second kappa shape index (κ2) is 66.6. The van der Waals surface area contributed by atoms with Gasteiger partial charge in [0.15, 0.2) is 0 Å². The predicted molar refractivity (Wildman–Crippen MR) is 340 cm³/mol. The number of rotatable bonds is 61. The molecule has 0 spiro atoms. The van der Waals surface area contributed by atoms with Crippen LogP contribution in [0.2, 0.25) is 0 Å². The molecule has 0 rings (SSSR count). The fourth-order valence-corrected chi connectivity index (χ4v) is 10.0. The molecule has 0 aromatic heterocycles. The van der Waals surface area contributed by atoms with Crippen LogP contribution in [-0.2, 0) is 4.79 Å². The monoisotopic (exact) mass is 1060 g/mol. The lowest BCUT2D eigenvalue weighted by molar-refractivity contribution is -0.123. The van der Waals surface area contributed by atoms with Gasteiger partial charge in [0.1, 0.15) is 0 Å². The number of aliphatic hydroxyl groups is 2. The van der Waals surface area contributed by atoms with Crippen molar-refractivity contribution in [1.29, 1.82) is 0 Å². The van der Waals surface area contributed by atoms with Crippen LogP contribution in [0.4, 0.5) is 0 Å². The summed E-state index contributed by atoms with van der Waals surface area (Å²) in [6, 6.07) is -0.646. The van der Waals surface area contributed by atoms with Gasteiger partial charge in [-0.15, -0.1) is 0 Å². The Balaban J connectivity index is 3.52. The minimum absolute atomic E-state index is 0.0739. The number of carbonyl (C=O) groups is 1. The standard InChI is InChI=1S/C72H129NO3/c1-3-5-7-9-11-13-15-17-19-21-23-25-27-29-31-33-35-36-38-40-42-44-46-48-50-52-54-56-58-60-62-64-66-68-72(76)73-70(69-74)71(75)67-65-63-61-59-57-55-53-51-49-47-45-43-41-39-37-34-32-30-28-26-24-22-20-18-16-14-12-10-8-6-4-2/h5,7,11,13,17,19,23,25,29,31,35-36,57,59,65,67,70-71,74-75H,3-4,6,8-10,12,14-16,18,20-22,24,26-28,30,32-34,37-56,58,60-64,66,68-69H2,1-2H3,(H,73,76)/b7-5-,13-11-,19-17-,25-23-,31-29-,36-35-,59-57+,67-65+. The summed E-state index contributed by atoms with van der Waals surface area (Å²) in [5, 5.41) is 23.3. The Labute approximate surface area is 474 Å². The van der Waals surface area contributed by atoms with Crippen LogP contribution in [0.3, 0.4) is 0 Å². The summed E-state index contributed by atoms with van der Waals surface area (Å²) in [5.41, 5.74) is 0. The number of aliphatic hydroxyl groups excluding tert-OH is 2. The van der Waals surface area contributed by atoms with Crippen LogP contribution in [-0.4, -0.2) is 34.9 Å². The Bertz CT molecular complexity index is 1380. The van der Waals surface area contributed by atoms with E-state index in [4.69, 9.17) is 0 Å². The maximum Gasteiger partial charge on any atom is 0.220 e. The minimum Gasteiger partial charge on any atom is -0.394 e. The molecule has 2 unspecified atom stereocenters. The molecule has 0 fully saturated rings. The van der Waals surface area contributed by atoms with Crippen LogP contribution in [0.5, 0.6) is 0 Å². The van der Waals surface area contributed by atoms with Gasteiger partial charge in [0.2, 0.25) is 5.91 Å². The first-order valence-corrected chi connectivity index (χ1v) is 33.5. The van der Waals surface area contributed by atoms with Gasteiger partial charge >= 0.3 is 0 Å². The molecule has 0 saturated heterocycles. The van der Waals surface area contributed by atoms with E-state index in [1.807, 2.05) is 6.08 Å². The largest absolute Gasteiger partial charge is 0.394 e. The second-order valence-corrected chi connectivity index (χ2v) is 22.5. The SMILES string of the molecule is CC/C=C\C/C=C\C/C=C\C/C=C\C/C=C\C/C=C\CCCCCCCCCCCCCCCCC(=O)NC(CO)C(O)/C=C/CC/C=C/CCCCCCCCCCCCCCCCCCCCCCCCCCC. The van der Waals surface area contributed by atoms with Crippen LogP contribution < -0.4 is 5.32 Å². The Hall–Kier alpha value is -2.69. The van der Waals surface area contributed by atoms with E-state index in [-0.39, 0.29) is 12.5 Å². The smallest absolute Gasteiger partial charge is 0.220 e. The van der Waals surface area contributed by atoms with Crippen molar-refractivity contribution in [2.75, 3.05) is 6.61 Å². The molecule has 0 aliphatic carbocycles. The summed E-state index contributed by atoms with van der Waals surface area (Å²) in [4.78, 5) is 12.5. The third-order valence-corrected chi connectivity index (χ3v) is 15.1. The summed E-state index contributed by atoms with van der Waals surface area (Å²) in [7, 11) is 0. The maximum absolute atomic E-state index is 12.5. The normalized spacial score (nSPS) is 13.4. The van der Waals surface area contributed by atoms with Crippen molar-refractivity contribution < 1.29 is 15.0 Å². The molecule has 2 atom stereocenters. The zero-order valence-corrected chi connectivity index (χ0v) is 50.8. The number of unbranched alkanes of at least 4 members (excludes halogenated alkanes) is 40. The molecular formula is C72H129NO3. The van der Waals surface area contributed by atoms with Gasteiger partial charge in [-0.25, -0.2) is 0 Å². The number of hydrogen-bond donors (Lipinski definition) is 3. The lowest BCUT2D eigenvalue weighted by Crippen LogP contribution is -2.45. The van der Waals surface area contributed by atoms with Gasteiger partial charge in [-0.1, -0.05) is 342 Å². The lowest BCUT2D eigenvalue weighted by atomic mass is 10.0. The average Bonchev–Trinajstić information content (AvgIpc) is 3.42. The van der Waals surface area contributed by atoms with Gasteiger partial charge in [0.25, 0.3) is 0 Å². The van der Waals surface area contributed by atoms with Crippen molar-refractivity contribution in [3.05, 3.63) is 97.2 Å². The average molecular weight is 1060 g/mol. The molecule has 4 nitrogen and oxygen atoms in total. The van der Waals surface area contributed by atoms with Gasteiger partial charge in [-0.2, -0.15) is 0 Å². The first kappa shape index (κ1) is 73.3. The van der Waals surface area contributed by atoms with Crippen LogP contribution in [0.15, 0.2) is 97.2 Å². The molecule has 4 heteroatoms. The summed E-state index contributed by atoms with van der Waals surface area (Å²) < 4.78 is 0. The van der Waals surface area contributed by atoms with E-state index in [0.29, 0.717) is 6.42 Å². The third-order valence-electron chi connectivity index (χ3n) is 15.1. The number of nitrogens with one attached hydrogen (secondary N) is 1. The number of allylic oxidation sites excluding steroid dienone is 15. The van der Waals surface area contributed by atoms with E-state index in [9.17, 15) is 15.0 Å². The Morgan fingerprint density at radius 2 is 0.592 bits per heavy atom. The zero-order valence-electron chi connectivity index (χ0n) is 50.8. The lowest BCUT2D eigenvalue weighted by Gasteiger charge is -2.19. The van der Waals surface area contributed by atoms with Crippen molar-refractivity contribution in [1.82, 2.24) is 5.32 Å². The molecule has 0 aliphatic rings. The van der Waals surface area contributed by atoms with E-state index >= 15 is 0 Å². The van der Waals surface area contributed by atoms with Gasteiger partial charge in [0, 0.05) is 6.42 Å². The fourth-order valence-electron chi connectivity index (χ4n) is 10.0. The predicted octanol–water partition coefficient (Wildman–Crippen LogP) is 22.8. The quantitative estimate of drug-likeness (QED) is 0.0420. The highest BCUT2D eigenvalue weighted by atomic mass is 16.3. The minimum atomic E-state index is -0.869. The summed E-state index contributed by atoms with van der Waals surface area (Å²) in [6.45, 7) is 4.21. The molecular weight excluding hydrogens is 927 g/mol. The fraction of sp³-hybridized carbons (Fsp3) is 0.764. The molecule has 440 valence electrons. The van der Waals surface area contributed by atoms with E-state index in [1.165, 1.54) is 244 Å². The highest BCUT2D eigenvalue weighted by Crippen LogP contribution is 2.18. The molecule has 0 aromatic rings. The van der Waals surface area contributed by atoms with E-state index in [1.54, 1.807) is 6.08 Å². The number of amides is 1. The zero-order chi connectivity index (χ0) is 54.8. The van der Waals surface area contributed by atoms with Gasteiger partial charge in [-0.3, -0.25) is 4.79 Å².